The lowest BCUT2D eigenvalue weighted by Gasteiger charge is -2.29. The summed E-state index contributed by atoms with van der Waals surface area (Å²) in [7, 11) is 1.89. The Bertz CT molecular complexity index is 563. The molecule has 2 saturated heterocycles. The Morgan fingerprint density at radius 2 is 2.00 bits per heavy atom. The zero-order chi connectivity index (χ0) is 17.6. The fourth-order valence-corrected chi connectivity index (χ4v) is 4.17. The van der Waals surface area contributed by atoms with Crippen molar-refractivity contribution in [3.05, 3.63) is 17.0 Å². The van der Waals surface area contributed by atoms with E-state index in [0.29, 0.717) is 0 Å². The fourth-order valence-electron chi connectivity index (χ4n) is 4.17. The van der Waals surface area contributed by atoms with Gasteiger partial charge in [-0.05, 0) is 58.5 Å². The predicted molar refractivity (Wildman–Crippen MR) is 116 cm³/mol. The van der Waals surface area contributed by atoms with Crippen molar-refractivity contribution in [2.75, 3.05) is 46.3 Å². The molecule has 26 heavy (non-hydrogen) atoms. The van der Waals surface area contributed by atoms with Gasteiger partial charge in [-0.3, -0.25) is 4.99 Å². The molecule has 0 aromatic carbocycles. The number of halogens is 1. The topological polar surface area (TPSA) is 56.9 Å². The molecule has 1 unspecified atom stereocenters. The molecule has 0 amide bonds. The number of piperidine rings is 1. The van der Waals surface area contributed by atoms with Gasteiger partial charge in [-0.15, -0.1) is 24.0 Å². The van der Waals surface area contributed by atoms with Crippen LogP contribution in [0.15, 0.2) is 9.52 Å². The maximum absolute atomic E-state index is 5.24. The number of hydrogen-bond donors (Lipinski definition) is 1. The van der Waals surface area contributed by atoms with Gasteiger partial charge < -0.3 is 19.6 Å². The molecular weight excluding hydrogens is 441 g/mol. The summed E-state index contributed by atoms with van der Waals surface area (Å²) in [6.07, 6.45) is 6.37. The number of aliphatic imine (C=N–C) groups is 1. The van der Waals surface area contributed by atoms with E-state index in [-0.39, 0.29) is 24.0 Å². The van der Waals surface area contributed by atoms with Crippen LogP contribution in [0.1, 0.15) is 42.7 Å². The maximum atomic E-state index is 5.24. The summed E-state index contributed by atoms with van der Waals surface area (Å²) in [5.74, 6) is 2.74. The van der Waals surface area contributed by atoms with Crippen molar-refractivity contribution >= 4 is 29.9 Å². The average Bonchev–Trinajstić information content (AvgIpc) is 3.20. The van der Waals surface area contributed by atoms with Gasteiger partial charge in [0, 0.05) is 38.8 Å². The first-order valence-corrected chi connectivity index (χ1v) is 9.77. The highest BCUT2D eigenvalue weighted by molar-refractivity contribution is 14.0. The van der Waals surface area contributed by atoms with Crippen molar-refractivity contribution in [3.63, 3.8) is 0 Å². The van der Waals surface area contributed by atoms with E-state index < -0.39 is 0 Å². The third kappa shape index (κ3) is 5.58. The number of nitrogens with one attached hydrogen (secondary N) is 1. The largest absolute Gasteiger partial charge is 0.361 e. The van der Waals surface area contributed by atoms with Crippen LogP contribution in [0, 0.1) is 19.8 Å². The molecule has 7 heteroatoms. The SMILES string of the molecule is CN=C(NCCc1c(C)noc1C)N1CCC(CN2CCCCC2)C1.I. The van der Waals surface area contributed by atoms with Gasteiger partial charge in [0.25, 0.3) is 0 Å². The van der Waals surface area contributed by atoms with Gasteiger partial charge in [0.15, 0.2) is 5.96 Å². The molecule has 0 saturated carbocycles. The summed E-state index contributed by atoms with van der Waals surface area (Å²) in [4.78, 5) is 9.57. The van der Waals surface area contributed by atoms with Crippen LogP contribution in [0.5, 0.6) is 0 Å². The lowest BCUT2D eigenvalue weighted by Crippen LogP contribution is -2.42. The first kappa shape index (κ1) is 21.5. The van der Waals surface area contributed by atoms with Gasteiger partial charge in [0.05, 0.1) is 5.69 Å². The molecule has 3 rings (SSSR count). The van der Waals surface area contributed by atoms with Crippen molar-refractivity contribution in [2.24, 2.45) is 10.9 Å². The lowest BCUT2D eigenvalue weighted by atomic mass is 10.1. The molecule has 3 heterocycles. The molecule has 1 aromatic heterocycles. The van der Waals surface area contributed by atoms with E-state index in [9.17, 15) is 0 Å². The molecule has 0 spiro atoms. The van der Waals surface area contributed by atoms with Crippen molar-refractivity contribution in [1.82, 2.24) is 20.3 Å². The Labute approximate surface area is 174 Å². The van der Waals surface area contributed by atoms with Gasteiger partial charge in [-0.2, -0.15) is 0 Å². The van der Waals surface area contributed by atoms with E-state index in [0.717, 1.165) is 49.4 Å². The van der Waals surface area contributed by atoms with E-state index in [1.165, 1.54) is 50.9 Å². The summed E-state index contributed by atoms with van der Waals surface area (Å²) < 4.78 is 5.24. The number of nitrogens with zero attached hydrogens (tertiary/aromatic N) is 4. The van der Waals surface area contributed by atoms with Crippen molar-refractivity contribution in [3.8, 4) is 0 Å². The zero-order valence-electron chi connectivity index (χ0n) is 16.5. The quantitative estimate of drug-likeness (QED) is 0.403. The summed E-state index contributed by atoms with van der Waals surface area (Å²) in [6, 6.07) is 0. The number of guanidine groups is 1. The van der Waals surface area contributed by atoms with Crippen molar-refractivity contribution < 1.29 is 4.52 Å². The Kier molecular flexibility index (Phi) is 8.66. The van der Waals surface area contributed by atoms with Gasteiger partial charge in [0.1, 0.15) is 5.76 Å². The first-order chi connectivity index (χ1) is 12.2. The lowest BCUT2D eigenvalue weighted by molar-refractivity contribution is 0.198. The van der Waals surface area contributed by atoms with Crippen LogP contribution < -0.4 is 5.32 Å². The number of aryl methyl sites for hydroxylation is 2. The molecule has 148 valence electrons. The minimum atomic E-state index is 0. The van der Waals surface area contributed by atoms with Crippen molar-refractivity contribution in [1.29, 1.82) is 0 Å². The van der Waals surface area contributed by atoms with E-state index in [1.54, 1.807) is 0 Å². The molecule has 2 aliphatic heterocycles. The average molecular weight is 475 g/mol. The van der Waals surface area contributed by atoms with E-state index >= 15 is 0 Å². The van der Waals surface area contributed by atoms with E-state index in [4.69, 9.17) is 4.52 Å². The third-order valence-corrected chi connectivity index (χ3v) is 5.60. The number of rotatable bonds is 5. The van der Waals surface area contributed by atoms with Crippen LogP contribution in [0.4, 0.5) is 0 Å². The van der Waals surface area contributed by atoms with Crippen LogP contribution in [0.3, 0.4) is 0 Å². The molecule has 0 aliphatic carbocycles. The Balaban J connectivity index is 0.00000243. The molecule has 0 bridgehead atoms. The third-order valence-electron chi connectivity index (χ3n) is 5.60. The summed E-state index contributed by atoms with van der Waals surface area (Å²) in [5.41, 5.74) is 2.21. The second-order valence-electron chi connectivity index (χ2n) is 7.49. The number of hydrogen-bond acceptors (Lipinski definition) is 4. The standard InChI is InChI=1S/C19H33N5O.HI/c1-15-18(16(2)25-22-15)7-9-21-19(20-3)24-12-8-17(14-24)13-23-10-5-4-6-11-23;/h17H,4-14H2,1-3H3,(H,20,21);1H. The van der Waals surface area contributed by atoms with Gasteiger partial charge in [-0.25, -0.2) is 0 Å². The number of likely N-dealkylation sites (tertiary alicyclic amines) is 2. The van der Waals surface area contributed by atoms with Gasteiger partial charge >= 0.3 is 0 Å². The minimum absolute atomic E-state index is 0. The van der Waals surface area contributed by atoms with Crippen LogP contribution in [0.2, 0.25) is 0 Å². The molecule has 1 aromatic rings. The monoisotopic (exact) mass is 475 g/mol. The molecule has 1 atom stereocenters. The zero-order valence-corrected chi connectivity index (χ0v) is 18.8. The highest BCUT2D eigenvalue weighted by atomic mass is 127. The van der Waals surface area contributed by atoms with Crippen LogP contribution in [0.25, 0.3) is 0 Å². The van der Waals surface area contributed by atoms with Crippen molar-refractivity contribution in [2.45, 2.75) is 46.0 Å². The van der Waals surface area contributed by atoms with E-state index in [2.05, 4.69) is 25.3 Å². The van der Waals surface area contributed by atoms with Gasteiger partial charge in [-0.1, -0.05) is 11.6 Å². The van der Waals surface area contributed by atoms with Crippen LogP contribution >= 0.6 is 24.0 Å². The Morgan fingerprint density at radius 1 is 1.23 bits per heavy atom. The summed E-state index contributed by atoms with van der Waals surface area (Å²) >= 11 is 0. The van der Waals surface area contributed by atoms with Gasteiger partial charge in [0.2, 0.25) is 0 Å². The molecule has 2 fully saturated rings. The summed E-state index contributed by atoms with van der Waals surface area (Å²) in [5, 5.41) is 7.55. The Hall–Kier alpha value is -0.830. The first-order valence-electron chi connectivity index (χ1n) is 9.77. The molecule has 6 nitrogen and oxygen atoms in total. The maximum Gasteiger partial charge on any atom is 0.193 e. The van der Waals surface area contributed by atoms with Crippen LogP contribution in [-0.4, -0.2) is 67.2 Å². The molecular formula is C19H34IN5O. The molecule has 2 aliphatic rings. The summed E-state index contributed by atoms with van der Waals surface area (Å²) in [6.45, 7) is 10.9. The second kappa shape index (κ2) is 10.5. The smallest absolute Gasteiger partial charge is 0.193 e. The number of aromatic nitrogens is 1. The predicted octanol–water partition coefficient (Wildman–Crippen LogP) is 2.84. The Morgan fingerprint density at radius 3 is 2.65 bits per heavy atom. The highest BCUT2D eigenvalue weighted by Gasteiger charge is 2.26. The van der Waals surface area contributed by atoms with Crippen LogP contribution in [-0.2, 0) is 6.42 Å². The fraction of sp³-hybridized carbons (Fsp3) is 0.789. The molecule has 0 radical (unpaired) electrons. The minimum Gasteiger partial charge on any atom is -0.361 e. The van der Waals surface area contributed by atoms with E-state index in [1.807, 2.05) is 20.9 Å². The second-order valence-corrected chi connectivity index (χ2v) is 7.49. The normalized spacial score (nSPS) is 21.7. The molecule has 1 N–H and O–H groups in total. The highest BCUT2D eigenvalue weighted by Crippen LogP contribution is 2.20.